The van der Waals surface area contributed by atoms with Gasteiger partial charge in [0.05, 0.1) is 13.2 Å². The van der Waals surface area contributed by atoms with Gasteiger partial charge in [-0.3, -0.25) is 9.69 Å². The average molecular weight is 254 g/mol. The molecule has 15 heavy (non-hydrogen) atoms. The summed E-state index contributed by atoms with van der Waals surface area (Å²) >= 11 is 11.2. The van der Waals surface area contributed by atoms with Crippen LogP contribution in [0.15, 0.2) is 10.6 Å². The van der Waals surface area contributed by atoms with E-state index in [-0.39, 0.29) is 12.5 Å². The Balaban J connectivity index is 4.08. The molecule has 0 aromatic rings. The van der Waals surface area contributed by atoms with Crippen LogP contribution in [0.2, 0.25) is 0 Å². The Bertz CT molecular complexity index is 219. The van der Waals surface area contributed by atoms with E-state index in [1.807, 2.05) is 11.8 Å². The second-order valence-corrected chi connectivity index (χ2v) is 3.78. The lowest BCUT2D eigenvalue weighted by molar-refractivity contribution is -0.144. The van der Waals surface area contributed by atoms with Crippen LogP contribution < -0.4 is 0 Å². The van der Waals surface area contributed by atoms with E-state index in [0.717, 1.165) is 13.0 Å². The molecule has 5 heteroatoms. The molecule has 0 bridgehead atoms. The Kier molecular flexibility index (Phi) is 8.86. The summed E-state index contributed by atoms with van der Waals surface area (Å²) in [6, 6.07) is 0. The molecule has 0 amide bonds. The van der Waals surface area contributed by atoms with Crippen LogP contribution in [0.4, 0.5) is 0 Å². The van der Waals surface area contributed by atoms with Crippen molar-refractivity contribution in [3.63, 3.8) is 0 Å². The van der Waals surface area contributed by atoms with Gasteiger partial charge in [-0.15, -0.1) is 0 Å². The van der Waals surface area contributed by atoms with Crippen LogP contribution in [0.5, 0.6) is 0 Å². The fraction of sp³-hybridized carbons (Fsp3) is 0.700. The van der Waals surface area contributed by atoms with Crippen LogP contribution in [-0.4, -0.2) is 37.1 Å². The Morgan fingerprint density at radius 3 is 2.53 bits per heavy atom. The smallest absolute Gasteiger partial charge is 0.320 e. The summed E-state index contributed by atoms with van der Waals surface area (Å²) in [6.07, 6.45) is 0.950. The van der Waals surface area contributed by atoms with Gasteiger partial charge in [-0.2, -0.15) is 0 Å². The molecule has 0 saturated carbocycles. The highest BCUT2D eigenvalue weighted by atomic mass is 35.5. The van der Waals surface area contributed by atoms with Gasteiger partial charge in [-0.05, 0) is 19.9 Å². The molecule has 0 fully saturated rings. The van der Waals surface area contributed by atoms with Crippen LogP contribution in [0, 0.1) is 0 Å². The normalized spacial score (nSPS) is 11.9. The number of nitrogens with zero attached hydrogens (tertiary/aromatic N) is 1. The number of hydrogen-bond donors (Lipinski definition) is 0. The van der Waals surface area contributed by atoms with E-state index < -0.39 is 0 Å². The molecular formula is C10H17Cl2NO2. The van der Waals surface area contributed by atoms with Crippen molar-refractivity contribution in [3.8, 4) is 0 Å². The van der Waals surface area contributed by atoms with Crippen LogP contribution in [0.3, 0.4) is 0 Å². The van der Waals surface area contributed by atoms with Crippen LogP contribution in [-0.2, 0) is 9.53 Å². The lowest BCUT2D eigenvalue weighted by atomic mass is 10.4. The molecule has 0 aromatic heterocycles. The minimum absolute atomic E-state index is 0.231. The molecule has 0 atom stereocenters. The first-order valence-corrected chi connectivity index (χ1v) is 5.78. The Hall–Kier alpha value is -0.250. The third-order valence-electron chi connectivity index (χ3n) is 1.69. The van der Waals surface area contributed by atoms with Crippen LogP contribution in [0.25, 0.3) is 0 Å². The van der Waals surface area contributed by atoms with E-state index in [0.29, 0.717) is 18.2 Å². The van der Waals surface area contributed by atoms with Crippen molar-refractivity contribution in [2.24, 2.45) is 0 Å². The highest BCUT2D eigenvalue weighted by molar-refractivity contribution is 6.36. The number of esters is 1. The second kappa shape index (κ2) is 9.01. The molecule has 0 aromatic carbocycles. The maximum atomic E-state index is 11.2. The first-order chi connectivity index (χ1) is 7.13. The van der Waals surface area contributed by atoms with Gasteiger partial charge in [0.2, 0.25) is 0 Å². The molecule has 0 aliphatic carbocycles. The van der Waals surface area contributed by atoms with E-state index >= 15 is 0 Å². The van der Waals surface area contributed by atoms with Crippen molar-refractivity contribution in [3.05, 3.63) is 10.6 Å². The van der Waals surface area contributed by atoms with Gasteiger partial charge in [-0.1, -0.05) is 30.1 Å². The monoisotopic (exact) mass is 253 g/mol. The van der Waals surface area contributed by atoms with Crippen molar-refractivity contribution in [2.75, 3.05) is 26.2 Å². The lowest BCUT2D eigenvalue weighted by Crippen LogP contribution is -2.32. The second-order valence-electron chi connectivity index (χ2n) is 3.07. The fourth-order valence-electron chi connectivity index (χ4n) is 1.17. The van der Waals surface area contributed by atoms with Gasteiger partial charge in [0.25, 0.3) is 0 Å². The predicted molar refractivity (Wildman–Crippen MR) is 63.2 cm³/mol. The summed E-state index contributed by atoms with van der Waals surface area (Å²) in [5.74, 6) is -0.231. The lowest BCUT2D eigenvalue weighted by Gasteiger charge is -2.19. The van der Waals surface area contributed by atoms with Gasteiger partial charge in [0, 0.05) is 17.1 Å². The number of carbonyl (C=O) groups excluding carboxylic acids is 1. The standard InChI is InChI=1S/C10H17Cl2NO2/c1-3-5-13(7-9(12)6-11)8-10(14)15-4-2/h6H,3-5,7-8H2,1-2H3. The highest BCUT2D eigenvalue weighted by Crippen LogP contribution is 2.06. The third kappa shape index (κ3) is 7.65. The highest BCUT2D eigenvalue weighted by Gasteiger charge is 2.11. The average Bonchev–Trinajstić information content (AvgIpc) is 2.18. The van der Waals surface area contributed by atoms with Crippen molar-refractivity contribution < 1.29 is 9.53 Å². The molecule has 0 N–H and O–H groups in total. The summed E-state index contributed by atoms with van der Waals surface area (Å²) in [6.45, 7) is 5.75. The molecule has 3 nitrogen and oxygen atoms in total. The summed E-state index contributed by atoms with van der Waals surface area (Å²) in [5, 5.41) is 0.523. The summed E-state index contributed by atoms with van der Waals surface area (Å²) in [4.78, 5) is 13.1. The maximum absolute atomic E-state index is 11.2. The van der Waals surface area contributed by atoms with Gasteiger partial charge in [0.15, 0.2) is 0 Å². The first-order valence-electron chi connectivity index (χ1n) is 4.96. The van der Waals surface area contributed by atoms with Gasteiger partial charge < -0.3 is 4.74 Å². The van der Waals surface area contributed by atoms with E-state index in [2.05, 4.69) is 0 Å². The number of hydrogen-bond acceptors (Lipinski definition) is 3. The molecule has 0 heterocycles. The van der Waals surface area contributed by atoms with E-state index in [9.17, 15) is 4.79 Å². The van der Waals surface area contributed by atoms with E-state index in [1.54, 1.807) is 6.92 Å². The molecule has 0 aliphatic rings. The predicted octanol–water partition coefficient (Wildman–Crippen LogP) is 2.58. The molecule has 0 rings (SSSR count). The molecule has 0 saturated heterocycles. The zero-order valence-corrected chi connectivity index (χ0v) is 10.6. The largest absolute Gasteiger partial charge is 0.465 e. The quantitative estimate of drug-likeness (QED) is 0.654. The topological polar surface area (TPSA) is 29.5 Å². The minimum Gasteiger partial charge on any atom is -0.465 e. The summed E-state index contributed by atoms with van der Waals surface area (Å²) < 4.78 is 4.86. The van der Waals surface area contributed by atoms with Crippen molar-refractivity contribution in [1.29, 1.82) is 0 Å². The van der Waals surface area contributed by atoms with Crippen molar-refractivity contribution >= 4 is 29.2 Å². The summed E-state index contributed by atoms with van der Waals surface area (Å²) in [5.41, 5.74) is 1.31. The maximum Gasteiger partial charge on any atom is 0.320 e. The molecule has 0 unspecified atom stereocenters. The SMILES string of the molecule is CCCN(CC(=O)OCC)CC(Cl)=CCl. The Morgan fingerprint density at radius 1 is 1.40 bits per heavy atom. The van der Waals surface area contributed by atoms with E-state index in [4.69, 9.17) is 27.9 Å². The zero-order valence-electron chi connectivity index (χ0n) is 9.13. The minimum atomic E-state index is -0.231. The van der Waals surface area contributed by atoms with Crippen molar-refractivity contribution in [2.45, 2.75) is 20.3 Å². The van der Waals surface area contributed by atoms with Crippen molar-refractivity contribution in [1.82, 2.24) is 4.90 Å². The molecular weight excluding hydrogens is 237 g/mol. The Labute approximate surface area is 101 Å². The Morgan fingerprint density at radius 2 is 2.07 bits per heavy atom. The molecule has 88 valence electrons. The zero-order chi connectivity index (χ0) is 11.7. The molecule has 0 aliphatic heterocycles. The number of halogens is 2. The fourth-order valence-corrected chi connectivity index (χ4v) is 1.41. The molecule has 0 radical (unpaired) electrons. The van der Waals surface area contributed by atoms with Gasteiger partial charge >= 0.3 is 5.97 Å². The van der Waals surface area contributed by atoms with Crippen LogP contribution in [0.1, 0.15) is 20.3 Å². The number of rotatable bonds is 7. The summed E-state index contributed by atoms with van der Waals surface area (Å²) in [7, 11) is 0. The third-order valence-corrected chi connectivity index (χ3v) is 2.29. The first kappa shape index (κ1) is 14.8. The molecule has 0 spiro atoms. The van der Waals surface area contributed by atoms with Crippen LogP contribution >= 0.6 is 23.2 Å². The number of carbonyl (C=O) groups is 1. The number of ether oxygens (including phenoxy) is 1. The van der Waals surface area contributed by atoms with Gasteiger partial charge in [-0.25, -0.2) is 0 Å². The van der Waals surface area contributed by atoms with E-state index in [1.165, 1.54) is 5.54 Å². The van der Waals surface area contributed by atoms with Gasteiger partial charge in [0.1, 0.15) is 0 Å².